The summed E-state index contributed by atoms with van der Waals surface area (Å²) in [6.07, 6.45) is 2.17. The van der Waals surface area contributed by atoms with Crippen LogP contribution in [0.3, 0.4) is 0 Å². The molecule has 2 heterocycles. The molecular formula is C12H15Br2N3S2. The number of aromatic nitrogens is 2. The number of hydrogen-bond acceptors (Lipinski definition) is 5. The standard InChI is InChI=1S/C12H15Br2N3S2/c1-3-5-15-8(4-2)11-16-17-12(19-11)9-6-7(13)10(14)18-9/h6,8,15H,3-5H2,1-2H3. The molecule has 1 atom stereocenters. The highest BCUT2D eigenvalue weighted by molar-refractivity contribution is 9.13. The topological polar surface area (TPSA) is 37.8 Å². The van der Waals surface area contributed by atoms with Gasteiger partial charge in [0.15, 0.2) is 5.01 Å². The Hall–Kier alpha value is 0.180. The lowest BCUT2D eigenvalue weighted by Gasteiger charge is -2.12. The maximum Gasteiger partial charge on any atom is 0.157 e. The molecule has 0 radical (unpaired) electrons. The van der Waals surface area contributed by atoms with Crippen molar-refractivity contribution in [1.29, 1.82) is 0 Å². The Kier molecular flexibility index (Phi) is 5.95. The van der Waals surface area contributed by atoms with E-state index in [2.05, 4.69) is 67.3 Å². The Balaban J connectivity index is 2.17. The first-order chi connectivity index (χ1) is 9.15. The van der Waals surface area contributed by atoms with Crippen LogP contribution >= 0.6 is 54.5 Å². The molecule has 0 aliphatic heterocycles. The molecule has 0 spiro atoms. The molecule has 1 unspecified atom stereocenters. The van der Waals surface area contributed by atoms with E-state index in [1.165, 1.54) is 0 Å². The third-order valence-corrected chi connectivity index (χ3v) is 7.11. The lowest BCUT2D eigenvalue weighted by atomic mass is 10.2. The number of nitrogens with one attached hydrogen (secondary N) is 1. The Morgan fingerprint density at radius 3 is 2.63 bits per heavy atom. The summed E-state index contributed by atoms with van der Waals surface area (Å²) in [4.78, 5) is 1.15. The van der Waals surface area contributed by atoms with E-state index < -0.39 is 0 Å². The maximum atomic E-state index is 4.34. The number of halogens is 2. The van der Waals surface area contributed by atoms with Crippen LogP contribution in [0.25, 0.3) is 9.88 Å². The van der Waals surface area contributed by atoms with Crippen molar-refractivity contribution in [2.75, 3.05) is 6.54 Å². The van der Waals surface area contributed by atoms with Crippen molar-refractivity contribution in [3.05, 3.63) is 19.3 Å². The predicted molar refractivity (Wildman–Crippen MR) is 89.9 cm³/mol. The number of rotatable bonds is 6. The van der Waals surface area contributed by atoms with Crippen LogP contribution in [0.1, 0.15) is 37.7 Å². The molecule has 104 valence electrons. The van der Waals surface area contributed by atoms with E-state index in [4.69, 9.17) is 0 Å². The van der Waals surface area contributed by atoms with Gasteiger partial charge in [0.25, 0.3) is 0 Å². The third kappa shape index (κ3) is 3.85. The van der Waals surface area contributed by atoms with Crippen LogP contribution in [0.4, 0.5) is 0 Å². The molecule has 0 aliphatic carbocycles. The molecule has 0 fully saturated rings. The molecule has 0 aliphatic rings. The van der Waals surface area contributed by atoms with E-state index in [0.717, 1.165) is 42.5 Å². The van der Waals surface area contributed by atoms with Gasteiger partial charge >= 0.3 is 0 Å². The lowest BCUT2D eigenvalue weighted by molar-refractivity contribution is 0.513. The van der Waals surface area contributed by atoms with Gasteiger partial charge in [-0.3, -0.25) is 0 Å². The Bertz CT molecular complexity index is 519. The molecule has 0 saturated heterocycles. The normalized spacial score (nSPS) is 12.8. The van der Waals surface area contributed by atoms with E-state index in [0.29, 0.717) is 6.04 Å². The Labute approximate surface area is 138 Å². The van der Waals surface area contributed by atoms with Crippen molar-refractivity contribution in [2.24, 2.45) is 0 Å². The Morgan fingerprint density at radius 2 is 2.05 bits per heavy atom. The van der Waals surface area contributed by atoms with Gasteiger partial charge in [-0.25, -0.2) is 0 Å². The molecule has 2 aromatic heterocycles. The molecular weight excluding hydrogens is 410 g/mol. The molecule has 3 nitrogen and oxygen atoms in total. The second-order valence-electron chi connectivity index (χ2n) is 4.09. The van der Waals surface area contributed by atoms with E-state index in [-0.39, 0.29) is 0 Å². The second kappa shape index (κ2) is 7.26. The van der Waals surface area contributed by atoms with Gasteiger partial charge in [-0.2, -0.15) is 0 Å². The number of hydrogen-bond donors (Lipinski definition) is 1. The summed E-state index contributed by atoms with van der Waals surface area (Å²) in [7, 11) is 0. The summed E-state index contributed by atoms with van der Waals surface area (Å²) in [5.74, 6) is 0. The highest BCUT2D eigenvalue weighted by Crippen LogP contribution is 2.39. The minimum absolute atomic E-state index is 0.318. The lowest BCUT2D eigenvalue weighted by Crippen LogP contribution is -2.21. The van der Waals surface area contributed by atoms with Gasteiger partial charge in [-0.05, 0) is 57.3 Å². The molecule has 0 amide bonds. The average Bonchev–Trinajstić information content (AvgIpc) is 2.99. The monoisotopic (exact) mass is 423 g/mol. The molecule has 0 saturated carbocycles. The summed E-state index contributed by atoms with van der Waals surface area (Å²) in [5, 5.41) is 14.2. The molecule has 2 aromatic rings. The van der Waals surface area contributed by atoms with Crippen LogP contribution in [0.15, 0.2) is 14.3 Å². The molecule has 1 N–H and O–H groups in total. The number of thiophene rings is 1. The zero-order chi connectivity index (χ0) is 13.8. The van der Waals surface area contributed by atoms with E-state index in [1.54, 1.807) is 22.7 Å². The summed E-state index contributed by atoms with van der Waals surface area (Å²) in [6, 6.07) is 2.40. The third-order valence-electron chi connectivity index (χ3n) is 2.64. The van der Waals surface area contributed by atoms with E-state index in [9.17, 15) is 0 Å². The summed E-state index contributed by atoms with van der Waals surface area (Å²) in [5.41, 5.74) is 0. The molecule has 7 heteroatoms. The fraction of sp³-hybridized carbons (Fsp3) is 0.500. The molecule has 19 heavy (non-hydrogen) atoms. The minimum Gasteiger partial charge on any atom is -0.308 e. The fourth-order valence-corrected chi connectivity index (χ4v) is 4.73. The van der Waals surface area contributed by atoms with Crippen molar-refractivity contribution in [1.82, 2.24) is 15.5 Å². The zero-order valence-corrected chi connectivity index (χ0v) is 15.5. The largest absolute Gasteiger partial charge is 0.308 e. The highest BCUT2D eigenvalue weighted by Gasteiger charge is 2.16. The van der Waals surface area contributed by atoms with E-state index in [1.807, 2.05) is 0 Å². The van der Waals surface area contributed by atoms with Crippen LogP contribution in [0, 0.1) is 0 Å². The maximum absolute atomic E-state index is 4.34. The summed E-state index contributed by atoms with van der Waals surface area (Å²) < 4.78 is 2.16. The van der Waals surface area contributed by atoms with Gasteiger partial charge in [-0.15, -0.1) is 21.5 Å². The average molecular weight is 425 g/mol. The zero-order valence-electron chi connectivity index (χ0n) is 10.7. The highest BCUT2D eigenvalue weighted by atomic mass is 79.9. The first-order valence-corrected chi connectivity index (χ1v) is 9.39. The molecule has 0 aromatic carbocycles. The fourth-order valence-electron chi connectivity index (χ4n) is 1.65. The van der Waals surface area contributed by atoms with Gasteiger partial charge in [0.2, 0.25) is 0 Å². The van der Waals surface area contributed by atoms with E-state index >= 15 is 0 Å². The SMILES string of the molecule is CCCNC(CC)c1nnc(-c2cc(Br)c(Br)s2)s1. The van der Waals surface area contributed by atoms with Crippen molar-refractivity contribution in [3.8, 4) is 9.88 Å². The number of nitrogens with zero attached hydrogens (tertiary/aromatic N) is 2. The van der Waals surface area contributed by atoms with Gasteiger partial charge in [0, 0.05) is 4.47 Å². The van der Waals surface area contributed by atoms with Gasteiger partial charge in [0.05, 0.1) is 14.7 Å². The summed E-state index contributed by atoms with van der Waals surface area (Å²) >= 11 is 10.4. The van der Waals surface area contributed by atoms with Gasteiger partial charge < -0.3 is 5.32 Å². The smallest absolute Gasteiger partial charge is 0.157 e. The molecule has 0 bridgehead atoms. The second-order valence-corrected chi connectivity index (χ2v) is 8.33. The van der Waals surface area contributed by atoms with Crippen LogP contribution in [0.2, 0.25) is 0 Å². The first-order valence-electron chi connectivity index (χ1n) is 6.17. The van der Waals surface area contributed by atoms with Gasteiger partial charge in [-0.1, -0.05) is 25.2 Å². The van der Waals surface area contributed by atoms with Crippen LogP contribution in [0.5, 0.6) is 0 Å². The molecule has 2 rings (SSSR count). The van der Waals surface area contributed by atoms with Crippen LogP contribution in [-0.2, 0) is 0 Å². The van der Waals surface area contributed by atoms with Crippen molar-refractivity contribution < 1.29 is 0 Å². The minimum atomic E-state index is 0.318. The predicted octanol–water partition coefficient (Wildman–Crippen LogP) is 5.24. The van der Waals surface area contributed by atoms with Crippen molar-refractivity contribution in [2.45, 2.75) is 32.7 Å². The van der Waals surface area contributed by atoms with Crippen molar-refractivity contribution >= 4 is 54.5 Å². The van der Waals surface area contributed by atoms with Crippen molar-refractivity contribution in [3.63, 3.8) is 0 Å². The Morgan fingerprint density at radius 1 is 1.26 bits per heavy atom. The quantitative estimate of drug-likeness (QED) is 0.688. The van der Waals surface area contributed by atoms with Crippen LogP contribution in [-0.4, -0.2) is 16.7 Å². The van der Waals surface area contributed by atoms with Crippen LogP contribution < -0.4 is 5.32 Å². The first kappa shape index (κ1) is 15.6. The summed E-state index contributed by atoms with van der Waals surface area (Å²) in [6.45, 7) is 5.36. The van der Waals surface area contributed by atoms with Gasteiger partial charge in [0.1, 0.15) is 5.01 Å².